The van der Waals surface area contributed by atoms with Crippen LogP contribution in [0.2, 0.25) is 0 Å². The first kappa shape index (κ1) is 17.2. The van der Waals surface area contributed by atoms with Crippen LogP contribution >= 0.6 is 0 Å². The molecule has 4 heteroatoms. The predicted octanol–water partition coefficient (Wildman–Crippen LogP) is 2.45. The average Bonchev–Trinajstić information content (AvgIpc) is 2.81. The van der Waals surface area contributed by atoms with Gasteiger partial charge in [-0.25, -0.2) is 0 Å². The quantitative estimate of drug-likeness (QED) is 0.754. The molecule has 1 heterocycles. The number of rotatable bonds is 9. The number of likely N-dealkylation sites (N-methyl/N-ethyl adjacent to an activating group) is 2. The summed E-state index contributed by atoms with van der Waals surface area (Å²) in [5, 5.41) is 7.94. The summed E-state index contributed by atoms with van der Waals surface area (Å²) in [6, 6.07) is 0.493. The highest BCUT2D eigenvalue weighted by Crippen LogP contribution is 2.22. The van der Waals surface area contributed by atoms with Crippen molar-refractivity contribution in [1.82, 2.24) is 20.0 Å². The minimum atomic E-state index is 0.168. The Morgan fingerprint density at radius 2 is 1.95 bits per heavy atom. The average molecular weight is 280 g/mol. The molecule has 0 aliphatic rings. The number of nitrogens with zero attached hydrogens (tertiary/aromatic N) is 3. The van der Waals surface area contributed by atoms with Gasteiger partial charge in [-0.15, -0.1) is 0 Å². The van der Waals surface area contributed by atoms with Gasteiger partial charge in [-0.2, -0.15) is 5.10 Å². The number of aryl methyl sites for hydroxylation is 2. The highest BCUT2D eigenvalue weighted by Gasteiger charge is 2.33. The second-order valence-corrected chi connectivity index (χ2v) is 6.00. The highest BCUT2D eigenvalue weighted by molar-refractivity contribution is 5.05. The standard InChI is InChI=1S/C16H32N4/c1-7-17-15(16(4,5)20(8-2)9-3)11-10-14-12-18-19(6)13-14/h12-13,15,17H,7-11H2,1-6H3. The third-order valence-corrected chi connectivity index (χ3v) is 4.36. The molecule has 0 saturated carbocycles. The number of hydrogen-bond acceptors (Lipinski definition) is 3. The molecule has 1 aromatic rings. The van der Waals surface area contributed by atoms with Crippen LogP contribution in [0.3, 0.4) is 0 Å². The minimum absolute atomic E-state index is 0.168. The van der Waals surface area contributed by atoms with E-state index in [-0.39, 0.29) is 5.54 Å². The summed E-state index contributed by atoms with van der Waals surface area (Å²) < 4.78 is 1.88. The molecule has 0 fully saturated rings. The third-order valence-electron chi connectivity index (χ3n) is 4.36. The molecule has 0 saturated heterocycles. The van der Waals surface area contributed by atoms with E-state index in [2.05, 4.69) is 56.1 Å². The first-order chi connectivity index (χ1) is 9.45. The summed E-state index contributed by atoms with van der Waals surface area (Å²) in [6.45, 7) is 14.6. The van der Waals surface area contributed by atoms with Crippen LogP contribution in [-0.2, 0) is 13.5 Å². The molecule has 0 radical (unpaired) electrons. The van der Waals surface area contributed by atoms with Crippen LogP contribution in [0.4, 0.5) is 0 Å². The highest BCUT2D eigenvalue weighted by atomic mass is 15.2. The van der Waals surface area contributed by atoms with Crippen molar-refractivity contribution in [2.24, 2.45) is 7.05 Å². The van der Waals surface area contributed by atoms with Gasteiger partial charge in [0.25, 0.3) is 0 Å². The zero-order valence-corrected chi connectivity index (χ0v) is 14.1. The summed E-state index contributed by atoms with van der Waals surface area (Å²) in [4.78, 5) is 2.55. The summed E-state index contributed by atoms with van der Waals surface area (Å²) in [7, 11) is 1.98. The summed E-state index contributed by atoms with van der Waals surface area (Å²) in [6.07, 6.45) is 6.32. The van der Waals surface area contributed by atoms with Gasteiger partial charge in [0.2, 0.25) is 0 Å². The van der Waals surface area contributed by atoms with Gasteiger partial charge in [-0.1, -0.05) is 20.8 Å². The second-order valence-electron chi connectivity index (χ2n) is 6.00. The summed E-state index contributed by atoms with van der Waals surface area (Å²) in [5.74, 6) is 0. The molecule has 4 nitrogen and oxygen atoms in total. The van der Waals surface area contributed by atoms with Crippen LogP contribution in [0.15, 0.2) is 12.4 Å². The summed E-state index contributed by atoms with van der Waals surface area (Å²) in [5.41, 5.74) is 1.49. The van der Waals surface area contributed by atoms with Crippen molar-refractivity contribution >= 4 is 0 Å². The lowest BCUT2D eigenvalue weighted by molar-refractivity contribution is 0.0883. The Hall–Kier alpha value is -0.870. The lowest BCUT2D eigenvalue weighted by Crippen LogP contribution is -2.57. The molecule has 1 N–H and O–H groups in total. The molecule has 0 amide bonds. The van der Waals surface area contributed by atoms with Gasteiger partial charge >= 0.3 is 0 Å². The van der Waals surface area contributed by atoms with Crippen molar-refractivity contribution in [1.29, 1.82) is 0 Å². The number of nitrogens with one attached hydrogen (secondary N) is 1. The van der Waals surface area contributed by atoms with Gasteiger partial charge < -0.3 is 5.32 Å². The molecule has 0 bridgehead atoms. The van der Waals surface area contributed by atoms with Crippen molar-refractivity contribution in [3.63, 3.8) is 0 Å². The van der Waals surface area contributed by atoms with E-state index in [1.807, 2.05) is 17.9 Å². The topological polar surface area (TPSA) is 33.1 Å². The van der Waals surface area contributed by atoms with E-state index < -0.39 is 0 Å². The van der Waals surface area contributed by atoms with Gasteiger partial charge in [0, 0.05) is 24.8 Å². The van der Waals surface area contributed by atoms with Gasteiger partial charge in [0.1, 0.15) is 0 Å². The Kier molecular flexibility index (Phi) is 6.69. The Labute approximate surface area is 124 Å². The molecule has 1 unspecified atom stereocenters. The monoisotopic (exact) mass is 280 g/mol. The lowest BCUT2D eigenvalue weighted by Gasteiger charge is -2.44. The van der Waals surface area contributed by atoms with Crippen LogP contribution in [0.5, 0.6) is 0 Å². The largest absolute Gasteiger partial charge is 0.312 e. The third kappa shape index (κ3) is 4.32. The molecule has 1 rings (SSSR count). The Bertz CT molecular complexity index is 380. The van der Waals surface area contributed by atoms with E-state index in [0.717, 1.165) is 32.5 Å². The van der Waals surface area contributed by atoms with Crippen LogP contribution in [-0.4, -0.2) is 45.9 Å². The van der Waals surface area contributed by atoms with Crippen molar-refractivity contribution in [3.05, 3.63) is 18.0 Å². The fourth-order valence-corrected chi connectivity index (χ4v) is 3.12. The van der Waals surface area contributed by atoms with Crippen molar-refractivity contribution in [2.75, 3.05) is 19.6 Å². The van der Waals surface area contributed by atoms with E-state index in [4.69, 9.17) is 0 Å². The van der Waals surface area contributed by atoms with E-state index in [0.29, 0.717) is 6.04 Å². The van der Waals surface area contributed by atoms with Gasteiger partial charge in [-0.05, 0) is 51.9 Å². The molecule has 116 valence electrons. The van der Waals surface area contributed by atoms with E-state index in [9.17, 15) is 0 Å². The normalized spacial score (nSPS) is 13.9. The van der Waals surface area contributed by atoms with E-state index in [1.165, 1.54) is 5.56 Å². The first-order valence-corrected chi connectivity index (χ1v) is 7.91. The molecule has 0 aliphatic carbocycles. The first-order valence-electron chi connectivity index (χ1n) is 7.91. The molecule has 0 aliphatic heterocycles. The maximum Gasteiger partial charge on any atom is 0.0521 e. The van der Waals surface area contributed by atoms with Crippen molar-refractivity contribution < 1.29 is 0 Å². The zero-order chi connectivity index (χ0) is 15.2. The zero-order valence-electron chi connectivity index (χ0n) is 14.1. The van der Waals surface area contributed by atoms with Crippen LogP contribution in [0.25, 0.3) is 0 Å². The lowest BCUT2D eigenvalue weighted by atomic mass is 9.88. The Morgan fingerprint density at radius 3 is 2.40 bits per heavy atom. The fourth-order valence-electron chi connectivity index (χ4n) is 3.12. The smallest absolute Gasteiger partial charge is 0.0521 e. The fraction of sp³-hybridized carbons (Fsp3) is 0.812. The van der Waals surface area contributed by atoms with Gasteiger partial charge in [0.15, 0.2) is 0 Å². The Morgan fingerprint density at radius 1 is 1.30 bits per heavy atom. The van der Waals surface area contributed by atoms with Crippen LogP contribution in [0.1, 0.15) is 46.6 Å². The van der Waals surface area contributed by atoms with Crippen molar-refractivity contribution in [3.8, 4) is 0 Å². The van der Waals surface area contributed by atoms with Gasteiger partial charge in [0.05, 0.1) is 6.20 Å². The van der Waals surface area contributed by atoms with Gasteiger partial charge in [-0.3, -0.25) is 9.58 Å². The molecule has 20 heavy (non-hydrogen) atoms. The SMILES string of the molecule is CCNC(CCc1cnn(C)c1)C(C)(C)N(CC)CC. The minimum Gasteiger partial charge on any atom is -0.312 e. The molecular weight excluding hydrogens is 248 g/mol. The second kappa shape index (κ2) is 7.79. The molecule has 1 aromatic heterocycles. The summed E-state index contributed by atoms with van der Waals surface area (Å²) >= 11 is 0. The maximum atomic E-state index is 4.26. The number of aromatic nitrogens is 2. The molecule has 0 spiro atoms. The Balaban J connectivity index is 2.71. The van der Waals surface area contributed by atoms with Crippen LogP contribution in [0, 0.1) is 0 Å². The molecule has 1 atom stereocenters. The molecular formula is C16H32N4. The van der Waals surface area contributed by atoms with E-state index in [1.54, 1.807) is 0 Å². The van der Waals surface area contributed by atoms with Crippen molar-refractivity contribution in [2.45, 2.75) is 59.0 Å². The molecule has 0 aromatic carbocycles. The predicted molar refractivity (Wildman–Crippen MR) is 86.0 cm³/mol. The number of hydrogen-bond donors (Lipinski definition) is 1. The van der Waals surface area contributed by atoms with Crippen LogP contribution < -0.4 is 5.32 Å². The maximum absolute atomic E-state index is 4.26. The van der Waals surface area contributed by atoms with E-state index >= 15 is 0 Å².